The first-order valence-corrected chi connectivity index (χ1v) is 2.53. The van der Waals surface area contributed by atoms with Gasteiger partial charge in [0.15, 0.2) is 10.3 Å². The number of rotatable bonds is 0. The molecule has 1 aromatic rings. The molecular weight excluding hydrogens is 147 g/mol. The van der Waals surface area contributed by atoms with Crippen molar-refractivity contribution >= 4 is 23.2 Å². The average molecular weight is 151 g/mol. The Morgan fingerprint density at radius 2 is 1.62 bits per heavy atom. The lowest BCUT2D eigenvalue weighted by molar-refractivity contribution is 1.20. The van der Waals surface area contributed by atoms with Crippen LogP contribution in [0.3, 0.4) is 0 Å². The van der Waals surface area contributed by atoms with E-state index in [0.29, 0.717) is 0 Å². The van der Waals surface area contributed by atoms with Crippen LogP contribution >= 0.6 is 23.2 Å². The molecule has 4 heteroatoms. The molecule has 0 atom stereocenters. The number of hydrogen-bond donors (Lipinski definition) is 0. The van der Waals surface area contributed by atoms with E-state index in [-0.39, 0.29) is 22.7 Å². The molecule has 0 fully saturated rings. The molecule has 2 nitrogen and oxygen atoms in total. The lowest BCUT2D eigenvalue weighted by Crippen LogP contribution is -1.77. The van der Waals surface area contributed by atoms with Gasteiger partial charge in [-0.3, -0.25) is 0 Å². The molecule has 0 N–H and O–H groups in total. The Morgan fingerprint density at radius 1 is 1.25 bits per heavy atom. The number of halogens is 2. The van der Waals surface area contributed by atoms with E-state index >= 15 is 0 Å². The molecule has 0 saturated heterocycles. The normalized spacial score (nSPS) is 12.8. The molecule has 0 unspecified atom stereocenters. The van der Waals surface area contributed by atoms with E-state index in [2.05, 4.69) is 9.97 Å². The van der Waals surface area contributed by atoms with E-state index in [1.165, 1.54) is 0 Å². The fraction of sp³-hybridized carbons (Fsp3) is 0. The van der Waals surface area contributed by atoms with Gasteiger partial charge in [0, 0.05) is 12.3 Å². The Kier molecular flexibility index (Phi) is 1.04. The van der Waals surface area contributed by atoms with E-state index in [1.54, 1.807) is 0 Å². The lowest BCUT2D eigenvalue weighted by atomic mass is 10.8. The number of nitrogens with zero attached hydrogens (tertiary/aromatic N) is 2. The summed E-state index contributed by atoms with van der Waals surface area (Å²) in [5, 5.41) is -0.0784. The quantitative estimate of drug-likeness (QED) is 0.564. The van der Waals surface area contributed by atoms with Gasteiger partial charge in [0.05, 0.1) is 2.74 Å². The molecule has 1 aromatic heterocycles. The molecule has 42 valence electrons. The predicted molar refractivity (Wildman–Crippen MR) is 32.1 cm³/mol. The Labute approximate surface area is 59.3 Å². The third kappa shape index (κ3) is 1.08. The largest absolute Gasteiger partial charge is 0.240 e. The second kappa shape index (κ2) is 2.29. The van der Waals surface area contributed by atoms with Crippen molar-refractivity contribution < 1.29 is 2.74 Å². The highest BCUT2D eigenvalue weighted by atomic mass is 35.5. The third-order valence-corrected chi connectivity index (χ3v) is 1.15. The molecule has 0 bridgehead atoms. The van der Waals surface area contributed by atoms with Crippen molar-refractivity contribution in [2.75, 3.05) is 0 Å². The summed E-state index contributed by atoms with van der Waals surface area (Å²) in [6.07, 6.45) is -0.538. The summed E-state index contributed by atoms with van der Waals surface area (Å²) in [6, 6.07) is 0. The number of hydrogen-bond acceptors (Lipinski definition) is 2. The minimum atomic E-state index is -0.269. The van der Waals surface area contributed by atoms with E-state index in [9.17, 15) is 0 Å². The minimum Gasteiger partial charge on any atom is -0.240 e. The molecule has 0 aliphatic rings. The lowest BCUT2D eigenvalue weighted by Gasteiger charge is -1.86. The van der Waals surface area contributed by atoms with E-state index in [4.69, 9.17) is 25.9 Å². The topological polar surface area (TPSA) is 25.8 Å². The zero-order valence-electron chi connectivity index (χ0n) is 5.65. The highest BCUT2D eigenvalue weighted by Crippen LogP contribution is 2.12. The highest BCUT2D eigenvalue weighted by Gasteiger charge is 1.93. The van der Waals surface area contributed by atoms with Gasteiger partial charge in [0.2, 0.25) is 0 Å². The molecule has 0 aliphatic heterocycles. The van der Waals surface area contributed by atoms with Crippen molar-refractivity contribution in [2.45, 2.75) is 0 Å². The molecular formula is C4H2Cl2N2. The monoisotopic (exact) mass is 150 g/mol. The van der Waals surface area contributed by atoms with E-state index in [1.807, 2.05) is 0 Å². The van der Waals surface area contributed by atoms with Gasteiger partial charge in [0.1, 0.15) is 0 Å². The third-order valence-electron chi connectivity index (χ3n) is 0.528. The summed E-state index contributed by atoms with van der Waals surface area (Å²) in [5.41, 5.74) is 0. The van der Waals surface area contributed by atoms with Crippen molar-refractivity contribution in [1.29, 1.82) is 0 Å². The zero-order valence-corrected chi connectivity index (χ0v) is 5.16. The minimum absolute atomic E-state index is 0.0392. The van der Waals surface area contributed by atoms with Crippen molar-refractivity contribution in [3.05, 3.63) is 22.7 Å². The van der Waals surface area contributed by atoms with Crippen molar-refractivity contribution in [3.63, 3.8) is 0 Å². The molecule has 0 spiro atoms. The van der Waals surface area contributed by atoms with Crippen molar-refractivity contribution in [3.8, 4) is 0 Å². The summed E-state index contributed by atoms with van der Waals surface area (Å²) in [5.74, 6) is 0. The number of aromatic nitrogens is 2. The SMILES string of the molecule is [2H]c1nc(Cl)c(Cl)nc1[2H]. The van der Waals surface area contributed by atoms with Crippen LogP contribution in [0, 0.1) is 0 Å². The van der Waals surface area contributed by atoms with Crippen LogP contribution in [0.25, 0.3) is 0 Å². The summed E-state index contributed by atoms with van der Waals surface area (Å²) >= 11 is 10.8. The van der Waals surface area contributed by atoms with Gasteiger partial charge in [-0.2, -0.15) is 0 Å². The van der Waals surface area contributed by atoms with Gasteiger partial charge < -0.3 is 0 Å². The Bertz CT molecular complexity index is 215. The molecule has 1 rings (SSSR count). The standard InChI is InChI=1S/C4H2Cl2N2/c5-3-4(6)8-2-1-7-3/h1-2H/i1D,2D. The predicted octanol–water partition coefficient (Wildman–Crippen LogP) is 1.78. The summed E-state index contributed by atoms with van der Waals surface area (Å²) < 4.78 is 13.9. The van der Waals surface area contributed by atoms with Gasteiger partial charge in [-0.25, -0.2) is 9.97 Å². The fourth-order valence-electron chi connectivity index (χ4n) is 0.240. The maximum absolute atomic E-state index is 6.95. The second-order valence-electron chi connectivity index (χ2n) is 1.03. The van der Waals surface area contributed by atoms with Crippen LogP contribution in [0.15, 0.2) is 12.3 Å². The van der Waals surface area contributed by atoms with Crippen LogP contribution in [0.2, 0.25) is 10.3 Å². The van der Waals surface area contributed by atoms with Gasteiger partial charge in [-0.15, -0.1) is 0 Å². The molecule has 0 radical (unpaired) electrons. The Hall–Kier alpha value is -0.340. The molecule has 0 saturated carbocycles. The molecule has 8 heavy (non-hydrogen) atoms. The van der Waals surface area contributed by atoms with Gasteiger partial charge in [-0.05, 0) is 0 Å². The van der Waals surface area contributed by atoms with E-state index < -0.39 is 0 Å². The molecule has 0 aliphatic carbocycles. The summed E-state index contributed by atoms with van der Waals surface area (Å²) in [7, 11) is 0. The second-order valence-corrected chi connectivity index (χ2v) is 1.74. The first-order chi connectivity index (χ1) is 4.61. The smallest absolute Gasteiger partial charge is 0.166 e. The zero-order chi connectivity index (χ0) is 7.72. The average Bonchev–Trinajstić information content (AvgIpc) is 1.84. The van der Waals surface area contributed by atoms with Gasteiger partial charge in [0.25, 0.3) is 0 Å². The summed E-state index contributed by atoms with van der Waals surface area (Å²) in [6.45, 7) is 0. The van der Waals surface area contributed by atoms with Crippen molar-refractivity contribution in [1.82, 2.24) is 9.97 Å². The van der Waals surface area contributed by atoms with Crippen LogP contribution in [0.4, 0.5) is 0 Å². The maximum Gasteiger partial charge on any atom is 0.166 e. The van der Waals surface area contributed by atoms with Crippen LogP contribution in [0.1, 0.15) is 2.74 Å². The highest BCUT2D eigenvalue weighted by molar-refractivity contribution is 6.40. The van der Waals surface area contributed by atoms with Crippen LogP contribution < -0.4 is 0 Å². The van der Waals surface area contributed by atoms with Gasteiger partial charge >= 0.3 is 0 Å². The molecule has 1 heterocycles. The molecule has 0 amide bonds. The first kappa shape index (κ1) is 3.64. The van der Waals surface area contributed by atoms with Crippen LogP contribution in [0.5, 0.6) is 0 Å². The Morgan fingerprint density at radius 3 is 2.00 bits per heavy atom. The van der Waals surface area contributed by atoms with Crippen LogP contribution in [-0.4, -0.2) is 9.97 Å². The summed E-state index contributed by atoms with van der Waals surface area (Å²) in [4.78, 5) is 6.85. The van der Waals surface area contributed by atoms with E-state index in [0.717, 1.165) is 0 Å². The van der Waals surface area contributed by atoms with Crippen LogP contribution in [-0.2, 0) is 0 Å². The Balaban J connectivity index is 3.28. The fourth-order valence-corrected chi connectivity index (χ4v) is 0.409. The maximum atomic E-state index is 6.95. The van der Waals surface area contributed by atoms with Gasteiger partial charge in [-0.1, -0.05) is 23.2 Å². The van der Waals surface area contributed by atoms with Crippen molar-refractivity contribution in [2.24, 2.45) is 0 Å². The molecule has 0 aromatic carbocycles. The first-order valence-electron chi connectivity index (χ1n) is 2.77.